The van der Waals surface area contributed by atoms with Crippen molar-refractivity contribution in [3.8, 4) is 0 Å². The van der Waals surface area contributed by atoms with Crippen molar-refractivity contribution in [3.05, 3.63) is 52.2 Å². The van der Waals surface area contributed by atoms with E-state index in [4.69, 9.17) is 5.73 Å². The quantitative estimate of drug-likeness (QED) is 0.889. The highest BCUT2D eigenvalue weighted by atomic mass is 32.1. The van der Waals surface area contributed by atoms with Crippen molar-refractivity contribution in [1.29, 1.82) is 0 Å². The van der Waals surface area contributed by atoms with Crippen LogP contribution in [0.2, 0.25) is 0 Å². The lowest BCUT2D eigenvalue weighted by molar-refractivity contribution is 0.683. The Bertz CT molecular complexity index is 477. The van der Waals surface area contributed by atoms with E-state index in [1.54, 1.807) is 11.3 Å². The van der Waals surface area contributed by atoms with Crippen LogP contribution in [0.15, 0.2) is 41.8 Å². The zero-order valence-electron chi connectivity index (χ0n) is 11.0. The van der Waals surface area contributed by atoms with Crippen LogP contribution in [-0.4, -0.2) is 6.04 Å². The molecule has 96 valence electrons. The molecule has 0 atom stereocenters. The van der Waals surface area contributed by atoms with Crippen LogP contribution in [0, 0.1) is 0 Å². The highest BCUT2D eigenvalue weighted by molar-refractivity contribution is 7.09. The molecule has 2 nitrogen and oxygen atoms in total. The molecular weight excluding hydrogens is 240 g/mol. The molecule has 0 radical (unpaired) electrons. The molecule has 0 unspecified atom stereocenters. The van der Waals surface area contributed by atoms with Crippen molar-refractivity contribution in [2.24, 2.45) is 5.73 Å². The van der Waals surface area contributed by atoms with Crippen LogP contribution < -0.4 is 10.6 Å². The molecule has 0 bridgehead atoms. The molecule has 3 heteroatoms. The molecule has 0 spiro atoms. The molecule has 0 saturated heterocycles. The van der Waals surface area contributed by atoms with E-state index in [0.29, 0.717) is 12.6 Å². The first-order valence-electron chi connectivity index (χ1n) is 6.29. The van der Waals surface area contributed by atoms with E-state index in [1.165, 1.54) is 16.1 Å². The summed E-state index contributed by atoms with van der Waals surface area (Å²) in [6.07, 6.45) is 0. The van der Waals surface area contributed by atoms with Crippen LogP contribution in [0.4, 0.5) is 5.69 Å². The molecule has 1 aromatic carbocycles. The van der Waals surface area contributed by atoms with Gasteiger partial charge in [-0.05, 0) is 36.9 Å². The lowest BCUT2D eigenvalue weighted by Gasteiger charge is -2.30. The monoisotopic (exact) mass is 260 g/mol. The van der Waals surface area contributed by atoms with E-state index >= 15 is 0 Å². The Morgan fingerprint density at radius 1 is 1.17 bits per heavy atom. The second-order valence-corrected chi connectivity index (χ2v) is 5.67. The largest absolute Gasteiger partial charge is 0.364 e. The Morgan fingerprint density at radius 3 is 2.56 bits per heavy atom. The molecule has 0 aliphatic rings. The van der Waals surface area contributed by atoms with Gasteiger partial charge in [0, 0.05) is 23.2 Å². The molecule has 0 saturated carbocycles. The van der Waals surface area contributed by atoms with E-state index in [0.717, 1.165) is 6.54 Å². The minimum Gasteiger partial charge on any atom is -0.364 e. The third-order valence-electron chi connectivity index (χ3n) is 3.05. The average Bonchev–Trinajstić information content (AvgIpc) is 2.88. The Kier molecular flexibility index (Phi) is 4.39. The number of benzene rings is 1. The number of nitrogens with two attached hydrogens (primary N) is 1. The second-order valence-electron chi connectivity index (χ2n) is 4.63. The van der Waals surface area contributed by atoms with Crippen LogP contribution in [0.5, 0.6) is 0 Å². The predicted octanol–water partition coefficient (Wildman–Crippen LogP) is 3.62. The first kappa shape index (κ1) is 13.1. The van der Waals surface area contributed by atoms with Gasteiger partial charge in [0.05, 0.1) is 6.54 Å². The van der Waals surface area contributed by atoms with E-state index in [9.17, 15) is 0 Å². The topological polar surface area (TPSA) is 29.3 Å². The van der Waals surface area contributed by atoms with Crippen molar-refractivity contribution >= 4 is 17.0 Å². The maximum absolute atomic E-state index is 5.84. The molecule has 0 fully saturated rings. The van der Waals surface area contributed by atoms with Gasteiger partial charge in [-0.2, -0.15) is 0 Å². The first-order chi connectivity index (χ1) is 8.72. The average molecular weight is 260 g/mol. The van der Waals surface area contributed by atoms with Crippen LogP contribution >= 0.6 is 11.3 Å². The molecule has 2 rings (SSSR count). The van der Waals surface area contributed by atoms with Gasteiger partial charge in [-0.25, -0.2) is 0 Å². The van der Waals surface area contributed by atoms with E-state index in [-0.39, 0.29) is 0 Å². The fourth-order valence-corrected chi connectivity index (χ4v) is 2.78. The number of rotatable bonds is 5. The maximum atomic E-state index is 5.84. The summed E-state index contributed by atoms with van der Waals surface area (Å²) in [4.78, 5) is 3.80. The normalized spacial score (nSPS) is 10.9. The Labute approximate surface area is 113 Å². The van der Waals surface area contributed by atoms with Crippen LogP contribution in [0.25, 0.3) is 0 Å². The van der Waals surface area contributed by atoms with Crippen molar-refractivity contribution < 1.29 is 0 Å². The van der Waals surface area contributed by atoms with E-state index in [1.807, 2.05) is 0 Å². The number of hydrogen-bond acceptors (Lipinski definition) is 3. The molecular formula is C15H20N2S. The molecule has 18 heavy (non-hydrogen) atoms. The van der Waals surface area contributed by atoms with E-state index in [2.05, 4.69) is 60.5 Å². The Balaban J connectivity index is 2.29. The van der Waals surface area contributed by atoms with Crippen LogP contribution in [0.1, 0.15) is 24.3 Å². The maximum Gasteiger partial charge on any atom is 0.0525 e. The fraction of sp³-hybridized carbons (Fsp3) is 0.333. The van der Waals surface area contributed by atoms with Gasteiger partial charge in [-0.15, -0.1) is 11.3 Å². The highest BCUT2D eigenvalue weighted by Crippen LogP contribution is 2.25. The number of hydrogen-bond donors (Lipinski definition) is 1. The predicted molar refractivity (Wildman–Crippen MR) is 80.0 cm³/mol. The van der Waals surface area contributed by atoms with Crippen molar-refractivity contribution in [3.63, 3.8) is 0 Å². The van der Waals surface area contributed by atoms with Gasteiger partial charge in [-0.3, -0.25) is 0 Å². The lowest BCUT2D eigenvalue weighted by Crippen LogP contribution is -2.31. The standard InChI is InChI=1S/C15H20N2S/c1-12(2)17(11-14-7-5-9-18-14)15-8-4-3-6-13(15)10-16/h3-9,12H,10-11,16H2,1-2H3. The highest BCUT2D eigenvalue weighted by Gasteiger charge is 2.14. The van der Waals surface area contributed by atoms with Crippen LogP contribution in [-0.2, 0) is 13.1 Å². The second kappa shape index (κ2) is 6.03. The summed E-state index contributed by atoms with van der Waals surface area (Å²) in [5, 5.41) is 2.13. The van der Waals surface area contributed by atoms with Crippen molar-refractivity contribution in [1.82, 2.24) is 0 Å². The van der Waals surface area contributed by atoms with E-state index < -0.39 is 0 Å². The minimum absolute atomic E-state index is 0.458. The zero-order valence-corrected chi connectivity index (χ0v) is 11.8. The zero-order chi connectivity index (χ0) is 13.0. The van der Waals surface area contributed by atoms with Gasteiger partial charge in [0.1, 0.15) is 0 Å². The summed E-state index contributed by atoms with van der Waals surface area (Å²) >= 11 is 1.80. The third-order valence-corrected chi connectivity index (χ3v) is 3.91. The fourth-order valence-electron chi connectivity index (χ4n) is 2.08. The van der Waals surface area contributed by atoms with Gasteiger partial charge in [0.25, 0.3) is 0 Å². The summed E-state index contributed by atoms with van der Waals surface area (Å²) in [6.45, 7) is 5.98. The number of nitrogens with zero attached hydrogens (tertiary/aromatic N) is 1. The van der Waals surface area contributed by atoms with Crippen molar-refractivity contribution in [2.45, 2.75) is 33.0 Å². The summed E-state index contributed by atoms with van der Waals surface area (Å²) < 4.78 is 0. The number of para-hydroxylation sites is 1. The van der Waals surface area contributed by atoms with Gasteiger partial charge in [-0.1, -0.05) is 24.3 Å². The minimum atomic E-state index is 0.458. The number of thiophene rings is 1. The molecule has 2 aromatic rings. The van der Waals surface area contributed by atoms with Crippen molar-refractivity contribution in [2.75, 3.05) is 4.90 Å². The summed E-state index contributed by atoms with van der Waals surface area (Å²) in [6, 6.07) is 13.2. The van der Waals surface area contributed by atoms with Gasteiger partial charge >= 0.3 is 0 Å². The summed E-state index contributed by atoms with van der Waals surface area (Å²) in [5.74, 6) is 0. The summed E-state index contributed by atoms with van der Waals surface area (Å²) in [7, 11) is 0. The SMILES string of the molecule is CC(C)N(Cc1cccs1)c1ccccc1CN. The van der Waals surface area contributed by atoms with Gasteiger partial charge in [0.2, 0.25) is 0 Å². The Hall–Kier alpha value is -1.32. The smallest absolute Gasteiger partial charge is 0.0525 e. The number of anilines is 1. The summed E-state index contributed by atoms with van der Waals surface area (Å²) in [5.41, 5.74) is 8.30. The molecule has 0 amide bonds. The molecule has 0 aliphatic carbocycles. The molecule has 1 heterocycles. The van der Waals surface area contributed by atoms with Gasteiger partial charge < -0.3 is 10.6 Å². The van der Waals surface area contributed by atoms with Gasteiger partial charge in [0.15, 0.2) is 0 Å². The molecule has 0 aliphatic heterocycles. The first-order valence-corrected chi connectivity index (χ1v) is 7.17. The van der Waals surface area contributed by atoms with Crippen LogP contribution in [0.3, 0.4) is 0 Å². The Morgan fingerprint density at radius 2 is 1.94 bits per heavy atom. The molecule has 2 N–H and O–H groups in total. The third kappa shape index (κ3) is 2.92. The lowest BCUT2D eigenvalue weighted by atomic mass is 10.1. The molecule has 1 aromatic heterocycles.